The van der Waals surface area contributed by atoms with Crippen molar-refractivity contribution in [3.05, 3.63) is 57.8 Å². The van der Waals surface area contributed by atoms with Crippen LogP contribution in [0, 0.1) is 0 Å². The standard InChI is InChI=1S/C20H30N4O2S2/c1-15(2)24-28(25,26)14-18-9-7-17(8-10-18)13-23-20(21-4)22-12-16(3)19-6-5-11-27-19/h5-11,15-16,24H,12-14H2,1-4H3,(H2,21,22,23). The molecule has 0 bridgehead atoms. The largest absolute Gasteiger partial charge is 0.356 e. The second-order valence-electron chi connectivity index (χ2n) is 7.07. The van der Waals surface area contributed by atoms with Crippen molar-refractivity contribution >= 4 is 27.3 Å². The predicted molar refractivity (Wildman–Crippen MR) is 118 cm³/mol. The first-order chi connectivity index (χ1) is 13.3. The van der Waals surface area contributed by atoms with Gasteiger partial charge in [0, 0.05) is 37.0 Å². The summed E-state index contributed by atoms with van der Waals surface area (Å²) in [7, 11) is -1.55. The van der Waals surface area contributed by atoms with Gasteiger partial charge in [-0.1, -0.05) is 37.3 Å². The lowest BCUT2D eigenvalue weighted by Crippen LogP contribution is -2.38. The van der Waals surface area contributed by atoms with Crippen molar-refractivity contribution < 1.29 is 8.42 Å². The SMILES string of the molecule is CN=C(NCc1ccc(CS(=O)(=O)NC(C)C)cc1)NCC(C)c1cccs1. The van der Waals surface area contributed by atoms with E-state index in [2.05, 4.69) is 44.8 Å². The lowest BCUT2D eigenvalue weighted by atomic mass is 10.1. The van der Waals surface area contributed by atoms with E-state index in [1.54, 1.807) is 18.4 Å². The van der Waals surface area contributed by atoms with Crippen molar-refractivity contribution in [2.75, 3.05) is 13.6 Å². The number of hydrogen-bond acceptors (Lipinski definition) is 4. The summed E-state index contributed by atoms with van der Waals surface area (Å²) in [5.41, 5.74) is 1.83. The van der Waals surface area contributed by atoms with Gasteiger partial charge in [0.1, 0.15) is 0 Å². The van der Waals surface area contributed by atoms with Crippen molar-refractivity contribution in [2.24, 2.45) is 4.99 Å². The first kappa shape index (κ1) is 22.4. The van der Waals surface area contributed by atoms with Crippen LogP contribution in [-0.2, 0) is 22.3 Å². The molecule has 0 amide bonds. The molecule has 0 radical (unpaired) electrons. The van der Waals surface area contributed by atoms with E-state index in [4.69, 9.17) is 0 Å². The van der Waals surface area contributed by atoms with Gasteiger partial charge in [0.25, 0.3) is 0 Å². The van der Waals surface area contributed by atoms with E-state index in [-0.39, 0.29) is 11.8 Å². The number of hydrogen-bond donors (Lipinski definition) is 3. The summed E-state index contributed by atoms with van der Waals surface area (Å²) in [6.45, 7) is 7.24. The number of aliphatic imine (C=N–C) groups is 1. The molecule has 0 spiro atoms. The van der Waals surface area contributed by atoms with Gasteiger partial charge in [0.2, 0.25) is 10.0 Å². The lowest BCUT2D eigenvalue weighted by molar-refractivity contribution is 0.569. The molecular weight excluding hydrogens is 392 g/mol. The average molecular weight is 423 g/mol. The third-order valence-corrected chi connectivity index (χ3v) is 6.73. The van der Waals surface area contributed by atoms with Crippen molar-refractivity contribution in [2.45, 2.75) is 45.0 Å². The fourth-order valence-electron chi connectivity index (χ4n) is 2.70. The zero-order chi connectivity index (χ0) is 20.6. The lowest BCUT2D eigenvalue weighted by Gasteiger charge is -2.15. The Morgan fingerprint density at radius 3 is 2.32 bits per heavy atom. The van der Waals surface area contributed by atoms with Crippen LogP contribution >= 0.6 is 11.3 Å². The quantitative estimate of drug-likeness (QED) is 0.428. The monoisotopic (exact) mass is 422 g/mol. The number of thiophene rings is 1. The van der Waals surface area contributed by atoms with Crippen molar-refractivity contribution in [3.8, 4) is 0 Å². The number of nitrogens with one attached hydrogen (secondary N) is 3. The van der Waals surface area contributed by atoms with Crippen molar-refractivity contribution in [3.63, 3.8) is 0 Å². The summed E-state index contributed by atoms with van der Waals surface area (Å²) in [5, 5.41) is 8.73. The van der Waals surface area contributed by atoms with E-state index >= 15 is 0 Å². The Kier molecular flexibility index (Phi) is 8.47. The maximum atomic E-state index is 12.0. The Balaban J connectivity index is 1.82. The normalized spacial score (nSPS) is 13.5. The minimum Gasteiger partial charge on any atom is -0.356 e. The van der Waals surface area contributed by atoms with E-state index in [9.17, 15) is 8.42 Å². The van der Waals surface area contributed by atoms with Gasteiger partial charge in [0.15, 0.2) is 5.96 Å². The maximum Gasteiger partial charge on any atom is 0.216 e. The van der Waals surface area contributed by atoms with E-state index in [1.165, 1.54) is 4.88 Å². The fourth-order valence-corrected chi connectivity index (χ4v) is 4.92. The smallest absolute Gasteiger partial charge is 0.216 e. The molecule has 28 heavy (non-hydrogen) atoms. The highest BCUT2D eigenvalue weighted by atomic mass is 32.2. The molecule has 0 aliphatic carbocycles. The molecule has 2 aromatic rings. The number of rotatable bonds is 9. The zero-order valence-corrected chi connectivity index (χ0v) is 18.5. The van der Waals surface area contributed by atoms with Crippen molar-refractivity contribution in [1.29, 1.82) is 0 Å². The van der Waals surface area contributed by atoms with Gasteiger partial charge >= 0.3 is 0 Å². The van der Waals surface area contributed by atoms with Gasteiger partial charge in [-0.05, 0) is 36.4 Å². The van der Waals surface area contributed by atoms with Crippen LogP contribution in [0.4, 0.5) is 0 Å². The van der Waals surface area contributed by atoms with Crippen LogP contribution in [0.5, 0.6) is 0 Å². The van der Waals surface area contributed by atoms with Gasteiger partial charge in [-0.2, -0.15) is 0 Å². The second-order valence-corrected chi connectivity index (χ2v) is 9.80. The fraction of sp³-hybridized carbons (Fsp3) is 0.450. The van der Waals surface area contributed by atoms with Gasteiger partial charge in [-0.25, -0.2) is 13.1 Å². The number of sulfonamides is 1. The van der Waals surface area contributed by atoms with Gasteiger partial charge in [-0.15, -0.1) is 11.3 Å². The molecule has 0 aliphatic heterocycles. The zero-order valence-electron chi connectivity index (χ0n) is 16.9. The first-order valence-electron chi connectivity index (χ1n) is 9.35. The van der Waals surface area contributed by atoms with Crippen LogP contribution in [0.2, 0.25) is 0 Å². The van der Waals surface area contributed by atoms with Crippen LogP contribution in [0.1, 0.15) is 42.7 Å². The summed E-state index contributed by atoms with van der Waals surface area (Å²) in [5.74, 6) is 1.15. The second kappa shape index (κ2) is 10.6. The van der Waals surface area contributed by atoms with Gasteiger partial charge in [0.05, 0.1) is 5.75 Å². The molecule has 154 valence electrons. The minimum atomic E-state index is -3.30. The molecule has 1 unspecified atom stereocenters. The van der Waals surface area contributed by atoms with E-state index in [0.717, 1.165) is 23.6 Å². The molecule has 1 aromatic carbocycles. The molecule has 2 rings (SSSR count). The molecule has 1 heterocycles. The number of nitrogens with zero attached hydrogens (tertiary/aromatic N) is 1. The van der Waals surface area contributed by atoms with Crippen LogP contribution in [-0.4, -0.2) is 34.0 Å². The molecule has 0 saturated carbocycles. The maximum absolute atomic E-state index is 12.0. The highest BCUT2D eigenvalue weighted by Gasteiger charge is 2.13. The van der Waals surface area contributed by atoms with Gasteiger partial charge < -0.3 is 10.6 Å². The molecule has 1 atom stereocenters. The Hall–Kier alpha value is -1.90. The summed E-state index contributed by atoms with van der Waals surface area (Å²) < 4.78 is 26.6. The number of guanidine groups is 1. The average Bonchev–Trinajstić information content (AvgIpc) is 3.16. The molecule has 0 saturated heterocycles. The Bertz CT molecular complexity index is 845. The van der Waals surface area contributed by atoms with Gasteiger partial charge in [-0.3, -0.25) is 4.99 Å². The first-order valence-corrected chi connectivity index (χ1v) is 11.9. The number of benzene rings is 1. The van der Waals surface area contributed by atoms with Crippen LogP contribution in [0.3, 0.4) is 0 Å². The highest BCUT2D eigenvalue weighted by Crippen LogP contribution is 2.19. The third kappa shape index (κ3) is 7.61. The van der Waals surface area contributed by atoms with E-state index in [1.807, 2.05) is 38.1 Å². The summed E-state index contributed by atoms with van der Waals surface area (Å²) >= 11 is 1.76. The Morgan fingerprint density at radius 1 is 1.07 bits per heavy atom. The molecule has 0 fully saturated rings. The highest BCUT2D eigenvalue weighted by molar-refractivity contribution is 7.88. The topological polar surface area (TPSA) is 82.6 Å². The van der Waals surface area contributed by atoms with Crippen LogP contribution in [0.25, 0.3) is 0 Å². The summed E-state index contributed by atoms with van der Waals surface area (Å²) in [4.78, 5) is 5.61. The molecule has 1 aromatic heterocycles. The van der Waals surface area contributed by atoms with Crippen molar-refractivity contribution in [1.82, 2.24) is 15.4 Å². The predicted octanol–water partition coefficient (Wildman–Crippen LogP) is 3.04. The van der Waals surface area contributed by atoms with Crippen LogP contribution in [0.15, 0.2) is 46.8 Å². The van der Waals surface area contributed by atoms with E-state index < -0.39 is 10.0 Å². The third-order valence-electron chi connectivity index (χ3n) is 4.08. The van der Waals surface area contributed by atoms with E-state index in [0.29, 0.717) is 12.5 Å². The van der Waals surface area contributed by atoms with Crippen LogP contribution < -0.4 is 15.4 Å². The molecule has 8 heteroatoms. The molecule has 0 aliphatic rings. The Morgan fingerprint density at radius 2 is 1.75 bits per heavy atom. The summed E-state index contributed by atoms with van der Waals surface area (Å²) in [6.07, 6.45) is 0. The molecule has 6 nitrogen and oxygen atoms in total. The Labute approximate surface area is 172 Å². The minimum absolute atomic E-state index is 0.0112. The molecular formula is C20H30N4O2S2. The molecule has 3 N–H and O–H groups in total. The summed E-state index contributed by atoms with van der Waals surface area (Å²) in [6, 6.07) is 11.7.